The van der Waals surface area contributed by atoms with Crippen molar-refractivity contribution in [3.05, 3.63) is 30.7 Å². The first-order valence-electron chi connectivity index (χ1n) is 9.82. The van der Waals surface area contributed by atoms with Gasteiger partial charge < -0.3 is 19.1 Å². The molecule has 0 aliphatic carbocycles. The Balaban J connectivity index is 1.34. The maximum atomic E-state index is 9.28. The molecular weight excluding hydrogens is 370 g/mol. The van der Waals surface area contributed by atoms with Gasteiger partial charge in [-0.2, -0.15) is 5.26 Å². The molecule has 0 bridgehead atoms. The number of imidazole rings is 1. The molecule has 29 heavy (non-hydrogen) atoms. The molecule has 2 saturated heterocycles. The lowest BCUT2D eigenvalue weighted by atomic mass is 10.2. The Hall–Kier alpha value is -3.32. The molecule has 0 saturated carbocycles. The van der Waals surface area contributed by atoms with Gasteiger partial charge in [-0.15, -0.1) is 0 Å². The monoisotopic (exact) mass is 391 g/mol. The number of anilines is 2. The maximum Gasteiger partial charge on any atom is 0.183 e. The fourth-order valence-electron chi connectivity index (χ4n) is 4.01. The zero-order valence-electron chi connectivity index (χ0n) is 16.0. The summed E-state index contributed by atoms with van der Waals surface area (Å²) in [6.07, 6.45) is 9.03. The third kappa shape index (κ3) is 3.34. The van der Waals surface area contributed by atoms with Crippen molar-refractivity contribution in [2.75, 3.05) is 42.6 Å². The van der Waals surface area contributed by atoms with E-state index in [4.69, 9.17) is 4.74 Å². The molecule has 2 aliphatic rings. The fourth-order valence-corrected chi connectivity index (χ4v) is 4.01. The lowest BCUT2D eigenvalue weighted by molar-refractivity contribution is 0.0978. The predicted molar refractivity (Wildman–Crippen MR) is 105 cm³/mol. The third-order valence-corrected chi connectivity index (χ3v) is 5.47. The summed E-state index contributed by atoms with van der Waals surface area (Å²) >= 11 is 0. The van der Waals surface area contributed by atoms with Crippen molar-refractivity contribution in [2.45, 2.75) is 25.5 Å². The van der Waals surface area contributed by atoms with Crippen LogP contribution < -0.4 is 9.80 Å². The van der Waals surface area contributed by atoms with E-state index in [1.165, 1.54) is 0 Å². The molecular formula is C19H21N9O. The topological polar surface area (TPSA) is 109 Å². The summed E-state index contributed by atoms with van der Waals surface area (Å²) in [6.45, 7) is 4.58. The highest BCUT2D eigenvalue weighted by Crippen LogP contribution is 2.25. The van der Waals surface area contributed by atoms with E-state index < -0.39 is 0 Å². The van der Waals surface area contributed by atoms with Crippen LogP contribution in [0.5, 0.6) is 0 Å². The number of hydrogen-bond donors (Lipinski definition) is 0. The molecule has 0 aromatic carbocycles. The van der Waals surface area contributed by atoms with Crippen LogP contribution in [0.25, 0.3) is 11.2 Å². The molecule has 0 radical (unpaired) electrons. The summed E-state index contributed by atoms with van der Waals surface area (Å²) in [4.78, 5) is 26.3. The van der Waals surface area contributed by atoms with Crippen LogP contribution in [0, 0.1) is 11.3 Å². The second-order valence-corrected chi connectivity index (χ2v) is 7.22. The van der Waals surface area contributed by atoms with Crippen molar-refractivity contribution in [1.29, 1.82) is 5.26 Å². The number of fused-ring (bicyclic) bond motifs is 1. The molecule has 5 heterocycles. The highest BCUT2D eigenvalue weighted by molar-refractivity contribution is 5.83. The molecule has 5 rings (SSSR count). The molecule has 10 heteroatoms. The molecule has 3 aromatic heterocycles. The van der Waals surface area contributed by atoms with Crippen LogP contribution in [0.3, 0.4) is 0 Å². The van der Waals surface area contributed by atoms with Crippen molar-refractivity contribution in [2.24, 2.45) is 0 Å². The number of piperazine rings is 1. The van der Waals surface area contributed by atoms with Gasteiger partial charge in [0.1, 0.15) is 12.4 Å². The summed E-state index contributed by atoms with van der Waals surface area (Å²) in [7, 11) is 0. The lowest BCUT2D eigenvalue weighted by Gasteiger charge is -2.36. The summed E-state index contributed by atoms with van der Waals surface area (Å²) in [5.41, 5.74) is 2.02. The van der Waals surface area contributed by atoms with Crippen LogP contribution in [0.2, 0.25) is 0 Å². The van der Waals surface area contributed by atoms with Crippen molar-refractivity contribution in [3.8, 4) is 6.07 Å². The van der Waals surface area contributed by atoms with E-state index in [0.29, 0.717) is 11.5 Å². The Morgan fingerprint density at radius 2 is 1.79 bits per heavy atom. The Morgan fingerprint density at radius 3 is 2.55 bits per heavy atom. The van der Waals surface area contributed by atoms with E-state index in [0.717, 1.165) is 69.2 Å². The number of rotatable bonds is 4. The van der Waals surface area contributed by atoms with Crippen LogP contribution in [-0.4, -0.2) is 68.4 Å². The molecule has 2 fully saturated rings. The van der Waals surface area contributed by atoms with Gasteiger partial charge in [-0.3, -0.25) is 0 Å². The van der Waals surface area contributed by atoms with Crippen LogP contribution in [0.4, 0.5) is 11.6 Å². The van der Waals surface area contributed by atoms with E-state index in [1.54, 1.807) is 18.7 Å². The summed E-state index contributed by atoms with van der Waals surface area (Å²) in [6, 6.07) is 2.12. The third-order valence-electron chi connectivity index (χ3n) is 5.47. The Bertz CT molecular complexity index is 1050. The lowest BCUT2D eigenvalue weighted by Crippen LogP contribution is -2.47. The Kier molecular flexibility index (Phi) is 4.65. The first kappa shape index (κ1) is 17.8. The van der Waals surface area contributed by atoms with Gasteiger partial charge >= 0.3 is 0 Å². The normalized spacial score (nSPS) is 19.6. The van der Waals surface area contributed by atoms with E-state index in [2.05, 4.69) is 45.4 Å². The van der Waals surface area contributed by atoms with E-state index >= 15 is 0 Å². The second-order valence-electron chi connectivity index (χ2n) is 7.22. The number of hydrogen-bond acceptors (Lipinski definition) is 9. The first-order chi connectivity index (χ1) is 14.3. The molecule has 1 atom stereocenters. The molecule has 10 nitrogen and oxygen atoms in total. The maximum absolute atomic E-state index is 9.28. The number of nitriles is 1. The van der Waals surface area contributed by atoms with Crippen LogP contribution in [0.15, 0.2) is 25.0 Å². The van der Waals surface area contributed by atoms with Gasteiger partial charge in [0.15, 0.2) is 28.5 Å². The number of aromatic nitrogens is 6. The van der Waals surface area contributed by atoms with E-state index in [1.807, 2.05) is 6.33 Å². The van der Waals surface area contributed by atoms with E-state index in [9.17, 15) is 5.26 Å². The van der Waals surface area contributed by atoms with Gasteiger partial charge in [0.25, 0.3) is 0 Å². The largest absolute Gasteiger partial charge is 0.376 e. The van der Waals surface area contributed by atoms with Crippen molar-refractivity contribution < 1.29 is 4.74 Å². The minimum atomic E-state index is 0.232. The zero-order chi connectivity index (χ0) is 19.6. The van der Waals surface area contributed by atoms with Gasteiger partial charge in [0.05, 0.1) is 19.0 Å². The van der Waals surface area contributed by atoms with Crippen molar-refractivity contribution in [1.82, 2.24) is 29.5 Å². The minimum Gasteiger partial charge on any atom is -0.376 e. The quantitative estimate of drug-likeness (QED) is 0.643. The van der Waals surface area contributed by atoms with E-state index in [-0.39, 0.29) is 6.10 Å². The molecule has 3 aromatic rings. The highest BCUT2D eigenvalue weighted by Gasteiger charge is 2.25. The number of ether oxygens (including phenoxy) is 1. The zero-order valence-corrected chi connectivity index (χ0v) is 16.0. The second kappa shape index (κ2) is 7.60. The smallest absolute Gasteiger partial charge is 0.183 e. The first-order valence-corrected chi connectivity index (χ1v) is 9.82. The number of nitrogens with zero attached hydrogens (tertiary/aromatic N) is 9. The van der Waals surface area contributed by atoms with Crippen molar-refractivity contribution >= 4 is 22.8 Å². The Morgan fingerprint density at radius 1 is 1.00 bits per heavy atom. The average molecular weight is 391 g/mol. The minimum absolute atomic E-state index is 0.232. The summed E-state index contributed by atoms with van der Waals surface area (Å²) in [5, 5.41) is 9.28. The van der Waals surface area contributed by atoms with Crippen LogP contribution >= 0.6 is 0 Å². The summed E-state index contributed by atoms with van der Waals surface area (Å²) in [5.74, 6) is 1.49. The fraction of sp³-hybridized carbons (Fsp3) is 0.474. The molecule has 0 spiro atoms. The van der Waals surface area contributed by atoms with Crippen LogP contribution in [0.1, 0.15) is 18.5 Å². The molecule has 2 aliphatic heterocycles. The highest BCUT2D eigenvalue weighted by atomic mass is 16.5. The average Bonchev–Trinajstić information content (AvgIpc) is 3.44. The van der Waals surface area contributed by atoms with Gasteiger partial charge in [-0.25, -0.2) is 24.9 Å². The molecule has 0 N–H and O–H groups in total. The standard InChI is InChI=1S/C19H21N9O/c20-10-15-17(22-4-3-21-15)26-5-7-27(8-6-26)18-16-19(24-12-23-18)28(13-25-16)11-14-2-1-9-29-14/h3-4,12-14H,1-2,5-9,11H2. The molecule has 1 unspecified atom stereocenters. The van der Waals surface area contributed by atoms with Crippen molar-refractivity contribution in [3.63, 3.8) is 0 Å². The van der Waals surface area contributed by atoms with Crippen LogP contribution in [-0.2, 0) is 11.3 Å². The molecule has 0 amide bonds. The van der Waals surface area contributed by atoms with Gasteiger partial charge in [0.2, 0.25) is 0 Å². The molecule has 148 valence electrons. The summed E-state index contributed by atoms with van der Waals surface area (Å²) < 4.78 is 7.81. The predicted octanol–water partition coefficient (Wildman–Crippen LogP) is 0.994. The SMILES string of the molecule is N#Cc1nccnc1N1CCN(c2ncnc3c2ncn3CC2CCCO2)CC1. The Labute approximate surface area is 167 Å². The van der Waals surface area contributed by atoms with Gasteiger partial charge in [-0.1, -0.05) is 0 Å². The van der Waals surface area contributed by atoms with Gasteiger partial charge in [-0.05, 0) is 12.8 Å². The van der Waals surface area contributed by atoms with Gasteiger partial charge in [0, 0.05) is 45.2 Å².